The zero-order valence-electron chi connectivity index (χ0n) is 18.8. The number of carbonyl (C=O) groups excluding carboxylic acids is 4. The van der Waals surface area contributed by atoms with Gasteiger partial charge < -0.3 is 9.64 Å². The molecular weight excluding hydrogens is 394 g/mol. The van der Waals surface area contributed by atoms with Crippen LogP contribution < -0.4 is 4.90 Å². The summed E-state index contributed by atoms with van der Waals surface area (Å²) in [5.41, 5.74) is 0.0667. The van der Waals surface area contributed by atoms with E-state index in [-0.39, 0.29) is 17.6 Å². The fourth-order valence-electron chi connectivity index (χ4n) is 6.02. The lowest BCUT2D eigenvalue weighted by atomic mass is 9.55. The SMILES string of the molecule is C[C@H]1[C@H](C(=O)OC(C)(C)C)C(=O)[C@@H]2[C@@H]1C=C(C=O)[C@@H](C)[C@]21C(=O)N(C)c2ccccc21. The van der Waals surface area contributed by atoms with Gasteiger partial charge in [0.25, 0.3) is 0 Å². The maximum Gasteiger partial charge on any atom is 0.317 e. The van der Waals surface area contributed by atoms with Gasteiger partial charge in [0.2, 0.25) is 5.91 Å². The minimum Gasteiger partial charge on any atom is -0.459 e. The highest BCUT2D eigenvalue weighted by Gasteiger charge is 2.68. The van der Waals surface area contributed by atoms with E-state index in [1.165, 1.54) is 0 Å². The summed E-state index contributed by atoms with van der Waals surface area (Å²) in [7, 11) is 1.70. The van der Waals surface area contributed by atoms with E-state index in [4.69, 9.17) is 4.74 Å². The van der Waals surface area contributed by atoms with Crippen LogP contribution in [-0.2, 0) is 29.3 Å². The van der Waals surface area contributed by atoms with Gasteiger partial charge in [0.15, 0.2) is 5.78 Å². The Morgan fingerprint density at radius 3 is 2.42 bits per heavy atom. The van der Waals surface area contributed by atoms with Gasteiger partial charge in [-0.3, -0.25) is 19.2 Å². The van der Waals surface area contributed by atoms with Gasteiger partial charge in [-0.2, -0.15) is 0 Å². The van der Waals surface area contributed by atoms with Gasteiger partial charge in [0.1, 0.15) is 17.8 Å². The number of esters is 1. The largest absolute Gasteiger partial charge is 0.459 e. The second-order valence-corrected chi connectivity index (χ2v) is 10.1. The molecule has 31 heavy (non-hydrogen) atoms. The van der Waals surface area contributed by atoms with Crippen LogP contribution in [0.3, 0.4) is 0 Å². The minimum absolute atomic E-state index is 0.200. The molecule has 1 heterocycles. The smallest absolute Gasteiger partial charge is 0.317 e. The van der Waals surface area contributed by atoms with Crippen molar-refractivity contribution in [3.05, 3.63) is 41.5 Å². The van der Waals surface area contributed by atoms with Gasteiger partial charge >= 0.3 is 5.97 Å². The van der Waals surface area contributed by atoms with Crippen molar-refractivity contribution in [1.82, 2.24) is 0 Å². The molecule has 3 aliphatic rings. The molecule has 1 amide bonds. The second-order valence-electron chi connectivity index (χ2n) is 10.1. The average Bonchev–Trinajstić information content (AvgIpc) is 3.07. The van der Waals surface area contributed by atoms with E-state index in [1.54, 1.807) is 32.7 Å². The van der Waals surface area contributed by atoms with Gasteiger partial charge in [0, 0.05) is 24.6 Å². The van der Waals surface area contributed by atoms with Gasteiger partial charge in [-0.15, -0.1) is 0 Å². The van der Waals surface area contributed by atoms with Crippen LogP contribution in [0.4, 0.5) is 5.69 Å². The van der Waals surface area contributed by atoms with Crippen molar-refractivity contribution >= 4 is 29.6 Å². The molecule has 164 valence electrons. The number of fused-ring (bicyclic) bond motifs is 4. The first-order chi connectivity index (χ1) is 14.5. The monoisotopic (exact) mass is 423 g/mol. The molecule has 0 aromatic heterocycles. The lowest BCUT2D eigenvalue weighted by Crippen LogP contribution is -2.55. The molecule has 6 heteroatoms. The number of aldehydes is 1. The average molecular weight is 424 g/mol. The third-order valence-corrected chi connectivity index (χ3v) is 7.36. The Morgan fingerprint density at radius 1 is 1.16 bits per heavy atom. The van der Waals surface area contributed by atoms with Crippen LogP contribution in [0.2, 0.25) is 0 Å². The van der Waals surface area contributed by atoms with Crippen LogP contribution in [0.25, 0.3) is 0 Å². The third kappa shape index (κ3) is 2.76. The summed E-state index contributed by atoms with van der Waals surface area (Å²) in [6.45, 7) is 8.98. The van der Waals surface area contributed by atoms with E-state index >= 15 is 0 Å². The second kappa shape index (κ2) is 6.87. The quantitative estimate of drug-likeness (QED) is 0.415. The number of hydrogen-bond donors (Lipinski definition) is 0. The molecular formula is C25H29NO5. The number of ether oxygens (including phenoxy) is 1. The number of likely N-dealkylation sites (N-methyl/N-ethyl adjacent to an activating group) is 1. The fourth-order valence-corrected chi connectivity index (χ4v) is 6.02. The number of hydrogen-bond acceptors (Lipinski definition) is 5. The number of ketones is 1. The van der Waals surface area contributed by atoms with Crippen molar-refractivity contribution in [1.29, 1.82) is 0 Å². The molecule has 4 rings (SSSR count). The van der Waals surface area contributed by atoms with Crippen LogP contribution in [0.15, 0.2) is 35.9 Å². The number of nitrogens with zero attached hydrogens (tertiary/aromatic N) is 1. The molecule has 1 aromatic rings. The first kappa shape index (κ1) is 21.5. The highest BCUT2D eigenvalue weighted by atomic mass is 16.6. The molecule has 1 aromatic carbocycles. The fraction of sp³-hybridized carbons (Fsp3) is 0.520. The number of allylic oxidation sites excluding steroid dienone is 2. The highest BCUT2D eigenvalue weighted by Crippen LogP contribution is 2.61. The zero-order valence-corrected chi connectivity index (χ0v) is 18.8. The first-order valence-electron chi connectivity index (χ1n) is 10.8. The summed E-state index contributed by atoms with van der Waals surface area (Å²) in [6, 6.07) is 7.43. The molecule has 1 spiro atoms. The first-order valence-corrected chi connectivity index (χ1v) is 10.8. The molecule has 6 atom stereocenters. The molecule has 1 fully saturated rings. The number of rotatable bonds is 2. The van der Waals surface area contributed by atoms with Gasteiger partial charge in [-0.05, 0) is 49.8 Å². The summed E-state index contributed by atoms with van der Waals surface area (Å²) in [5.74, 6) is -3.98. The van der Waals surface area contributed by atoms with E-state index in [2.05, 4.69) is 0 Å². The Hall–Kier alpha value is -2.76. The van der Waals surface area contributed by atoms with Crippen LogP contribution in [0.1, 0.15) is 40.2 Å². The molecule has 2 aliphatic carbocycles. The number of anilines is 1. The zero-order chi connectivity index (χ0) is 22.9. The van der Waals surface area contributed by atoms with Crippen molar-refractivity contribution in [2.75, 3.05) is 11.9 Å². The number of Topliss-reactive ketones (excluding diaryl/α,β-unsaturated/α-hetero) is 1. The van der Waals surface area contributed by atoms with E-state index in [1.807, 2.05) is 44.2 Å². The van der Waals surface area contributed by atoms with Crippen molar-refractivity contribution in [3.63, 3.8) is 0 Å². The molecule has 0 saturated heterocycles. The van der Waals surface area contributed by atoms with Gasteiger partial charge in [-0.1, -0.05) is 38.1 Å². The molecule has 0 bridgehead atoms. The molecule has 1 saturated carbocycles. The summed E-state index contributed by atoms with van der Waals surface area (Å²) in [4.78, 5) is 54.3. The van der Waals surface area contributed by atoms with Crippen molar-refractivity contribution < 1.29 is 23.9 Å². The summed E-state index contributed by atoms with van der Waals surface area (Å²) in [5, 5.41) is 0. The topological polar surface area (TPSA) is 80.8 Å². The van der Waals surface area contributed by atoms with E-state index in [0.717, 1.165) is 17.5 Å². The van der Waals surface area contributed by atoms with Crippen molar-refractivity contribution in [3.8, 4) is 0 Å². The highest BCUT2D eigenvalue weighted by molar-refractivity contribution is 6.14. The Morgan fingerprint density at radius 2 is 1.81 bits per heavy atom. The summed E-state index contributed by atoms with van der Waals surface area (Å²) < 4.78 is 5.57. The van der Waals surface area contributed by atoms with Crippen LogP contribution in [-0.4, -0.2) is 36.6 Å². The minimum atomic E-state index is -1.21. The Balaban J connectivity index is 1.92. The molecule has 0 N–H and O–H groups in total. The van der Waals surface area contributed by atoms with Crippen molar-refractivity contribution in [2.24, 2.45) is 29.6 Å². The van der Waals surface area contributed by atoms with Crippen molar-refractivity contribution in [2.45, 2.75) is 45.6 Å². The number of benzene rings is 1. The summed E-state index contributed by atoms with van der Waals surface area (Å²) >= 11 is 0. The summed E-state index contributed by atoms with van der Waals surface area (Å²) in [6.07, 6.45) is 2.60. The van der Waals surface area contributed by atoms with E-state index in [0.29, 0.717) is 5.57 Å². The lowest BCUT2D eigenvalue weighted by molar-refractivity contribution is -0.163. The van der Waals surface area contributed by atoms with Crippen LogP contribution in [0.5, 0.6) is 0 Å². The molecule has 1 aliphatic heterocycles. The van der Waals surface area contributed by atoms with Crippen LogP contribution >= 0.6 is 0 Å². The lowest BCUT2D eigenvalue weighted by Gasteiger charge is -2.44. The predicted molar refractivity (Wildman–Crippen MR) is 115 cm³/mol. The molecule has 0 radical (unpaired) electrons. The van der Waals surface area contributed by atoms with Gasteiger partial charge in [-0.25, -0.2) is 0 Å². The maximum absolute atomic E-state index is 13.9. The Labute approximate surface area is 182 Å². The van der Waals surface area contributed by atoms with Crippen LogP contribution in [0, 0.1) is 29.6 Å². The van der Waals surface area contributed by atoms with Gasteiger partial charge in [0.05, 0.1) is 5.41 Å². The predicted octanol–water partition coefficient (Wildman–Crippen LogP) is 3.08. The maximum atomic E-state index is 13.9. The molecule has 6 nitrogen and oxygen atoms in total. The number of carbonyl (C=O) groups is 4. The normalized spacial score (nSPS) is 34.5. The molecule has 0 unspecified atom stereocenters. The number of amides is 1. The van der Waals surface area contributed by atoms with E-state index in [9.17, 15) is 19.2 Å². The Kier molecular flexibility index (Phi) is 4.76. The third-order valence-electron chi connectivity index (χ3n) is 7.36. The Bertz CT molecular complexity index is 1020. The number of para-hydroxylation sites is 1. The van der Waals surface area contributed by atoms with E-state index < -0.39 is 40.7 Å². The standard InChI is InChI=1S/C25H29NO5/c1-13-16-11-15(12-27)14(2)25(17-9-7-8-10-18(17)26(6)23(25)30)20(16)21(28)19(13)22(29)31-24(3,4)5/h7-14,16,19-20H,1-6H3/t13-,14-,16-,19+,20+,25-/m1/s1.